The number of aromatic nitrogens is 3. The average molecular weight is 342 g/mol. The first-order valence-corrected chi connectivity index (χ1v) is 7.19. The molecule has 100 valence electrons. The van der Waals surface area contributed by atoms with E-state index in [0.29, 0.717) is 10.6 Å². The highest BCUT2D eigenvalue weighted by Gasteiger charge is 2.16. The molecule has 0 aliphatic carbocycles. The van der Waals surface area contributed by atoms with Gasteiger partial charge in [-0.15, -0.1) is 11.3 Å². The van der Waals surface area contributed by atoms with Gasteiger partial charge in [-0.3, -0.25) is 4.68 Å². The van der Waals surface area contributed by atoms with Crippen molar-refractivity contribution in [3.05, 3.63) is 32.9 Å². The third-order valence-electron chi connectivity index (χ3n) is 2.40. The van der Waals surface area contributed by atoms with E-state index in [-0.39, 0.29) is 0 Å². The van der Waals surface area contributed by atoms with Crippen molar-refractivity contribution in [1.82, 2.24) is 14.8 Å². The Labute approximate surface area is 123 Å². The van der Waals surface area contributed by atoms with Gasteiger partial charge < -0.3 is 4.74 Å². The Hall–Kier alpha value is -1.47. The van der Waals surface area contributed by atoms with Gasteiger partial charge in [0.1, 0.15) is 5.01 Å². The number of aryl methyl sites for hydroxylation is 1. The van der Waals surface area contributed by atoms with Gasteiger partial charge in [-0.2, -0.15) is 5.10 Å². The molecule has 0 aromatic carbocycles. The first-order chi connectivity index (χ1) is 9.13. The summed E-state index contributed by atoms with van der Waals surface area (Å²) in [6.45, 7) is 2.78. The smallest absolute Gasteiger partial charge is 0.340 e. The highest BCUT2D eigenvalue weighted by Crippen LogP contribution is 2.27. The Morgan fingerprint density at radius 3 is 2.89 bits per heavy atom. The molecule has 7 heteroatoms. The van der Waals surface area contributed by atoms with E-state index in [2.05, 4.69) is 26.0 Å². The molecule has 0 unspecified atom stereocenters. The summed E-state index contributed by atoms with van der Waals surface area (Å²) in [6, 6.07) is 0. The van der Waals surface area contributed by atoms with Crippen LogP contribution in [0.15, 0.2) is 22.4 Å². The number of carbonyl (C=O) groups excluding carboxylic acids is 1. The summed E-state index contributed by atoms with van der Waals surface area (Å²) in [7, 11) is 1.36. The Morgan fingerprint density at radius 1 is 1.58 bits per heavy atom. The molecule has 0 amide bonds. The fourth-order valence-corrected chi connectivity index (χ4v) is 2.70. The number of ether oxygens (including phenoxy) is 1. The lowest BCUT2D eigenvalue weighted by Crippen LogP contribution is -2.03. The van der Waals surface area contributed by atoms with E-state index in [1.54, 1.807) is 23.2 Å². The van der Waals surface area contributed by atoms with E-state index < -0.39 is 5.97 Å². The van der Waals surface area contributed by atoms with Gasteiger partial charge in [0.25, 0.3) is 0 Å². The van der Waals surface area contributed by atoms with Crippen LogP contribution in [0, 0.1) is 0 Å². The zero-order chi connectivity index (χ0) is 13.8. The van der Waals surface area contributed by atoms with Crippen molar-refractivity contribution < 1.29 is 9.53 Å². The molecule has 0 bridgehead atoms. The number of nitrogens with zero attached hydrogens (tertiary/aromatic N) is 3. The molecule has 2 heterocycles. The molecule has 2 rings (SSSR count). The molecule has 2 aromatic rings. The predicted molar refractivity (Wildman–Crippen MR) is 77.6 cm³/mol. The van der Waals surface area contributed by atoms with Crippen molar-refractivity contribution in [3.63, 3.8) is 0 Å². The molecular formula is C12H12BrN3O2S. The largest absolute Gasteiger partial charge is 0.465 e. The molecule has 0 radical (unpaired) electrons. The Kier molecular flexibility index (Phi) is 4.49. The van der Waals surface area contributed by atoms with Gasteiger partial charge in [-0.05, 0) is 28.9 Å². The molecule has 2 aromatic heterocycles. The second-order valence-electron chi connectivity index (χ2n) is 3.65. The van der Waals surface area contributed by atoms with Crippen molar-refractivity contribution in [2.24, 2.45) is 0 Å². The number of carbonyl (C=O) groups is 1. The molecule has 0 spiro atoms. The quantitative estimate of drug-likeness (QED) is 0.633. The number of thiazole rings is 1. The van der Waals surface area contributed by atoms with Crippen molar-refractivity contribution in [2.45, 2.75) is 13.5 Å². The Morgan fingerprint density at radius 2 is 2.37 bits per heavy atom. The van der Waals surface area contributed by atoms with E-state index in [1.165, 1.54) is 18.4 Å². The molecule has 0 aliphatic rings. The van der Waals surface area contributed by atoms with Gasteiger partial charge in [0.2, 0.25) is 0 Å². The Balaban J connectivity index is 2.40. The molecule has 0 saturated carbocycles. The third-order valence-corrected chi connectivity index (χ3v) is 3.91. The highest BCUT2D eigenvalue weighted by atomic mass is 79.9. The number of esters is 1. The van der Waals surface area contributed by atoms with E-state index in [9.17, 15) is 4.79 Å². The lowest BCUT2D eigenvalue weighted by molar-refractivity contribution is -0.133. The summed E-state index contributed by atoms with van der Waals surface area (Å²) in [5.41, 5.74) is 1.27. The number of methoxy groups -OCH3 is 1. The number of hydrogen-bond acceptors (Lipinski definition) is 5. The van der Waals surface area contributed by atoms with Crippen molar-refractivity contribution in [3.8, 4) is 0 Å². The van der Waals surface area contributed by atoms with Crippen LogP contribution < -0.4 is 0 Å². The highest BCUT2D eigenvalue weighted by molar-refractivity contribution is 9.11. The molecule has 0 atom stereocenters. The second-order valence-corrected chi connectivity index (χ2v) is 6.06. The minimum Gasteiger partial charge on any atom is -0.465 e. The molecule has 0 saturated heterocycles. The van der Waals surface area contributed by atoms with Crippen LogP contribution in [-0.4, -0.2) is 27.8 Å². The summed E-state index contributed by atoms with van der Waals surface area (Å²) in [4.78, 5) is 16.0. The minimum absolute atomic E-state index is 0.411. The van der Waals surface area contributed by atoms with E-state index in [0.717, 1.165) is 15.9 Å². The maximum atomic E-state index is 11.8. The van der Waals surface area contributed by atoms with Crippen LogP contribution in [-0.2, 0) is 16.1 Å². The predicted octanol–water partition coefficient (Wildman–Crippen LogP) is 2.84. The van der Waals surface area contributed by atoms with Crippen LogP contribution >= 0.6 is 27.3 Å². The maximum absolute atomic E-state index is 11.8. The molecule has 0 N–H and O–H groups in total. The van der Waals surface area contributed by atoms with E-state index >= 15 is 0 Å². The lowest BCUT2D eigenvalue weighted by atomic mass is 10.2. The van der Waals surface area contributed by atoms with Crippen LogP contribution in [0.25, 0.3) is 11.6 Å². The normalized spacial score (nSPS) is 11.6. The molecule has 5 nitrogen and oxygen atoms in total. The van der Waals surface area contributed by atoms with E-state index in [1.807, 2.05) is 13.1 Å². The van der Waals surface area contributed by atoms with Crippen LogP contribution in [0.5, 0.6) is 0 Å². The molecule has 0 fully saturated rings. The zero-order valence-electron chi connectivity index (χ0n) is 10.5. The topological polar surface area (TPSA) is 57.0 Å². The van der Waals surface area contributed by atoms with Crippen molar-refractivity contribution in [1.29, 1.82) is 0 Å². The van der Waals surface area contributed by atoms with Crippen molar-refractivity contribution >= 4 is 44.9 Å². The van der Waals surface area contributed by atoms with Gasteiger partial charge in [0.05, 0.1) is 28.9 Å². The first-order valence-electron chi connectivity index (χ1n) is 5.58. The summed E-state index contributed by atoms with van der Waals surface area (Å²) >= 11 is 4.71. The average Bonchev–Trinajstić information content (AvgIpc) is 3.03. The Bertz CT molecular complexity index is 618. The number of rotatable bonds is 4. The van der Waals surface area contributed by atoms with Gasteiger partial charge in [0.15, 0.2) is 0 Å². The first kappa shape index (κ1) is 14.0. The van der Waals surface area contributed by atoms with Gasteiger partial charge in [-0.1, -0.05) is 0 Å². The summed E-state index contributed by atoms with van der Waals surface area (Å²) in [5, 5.41) is 4.78. The van der Waals surface area contributed by atoms with Crippen LogP contribution in [0.2, 0.25) is 0 Å². The summed E-state index contributed by atoms with van der Waals surface area (Å²) in [5.74, 6) is -0.411. The van der Waals surface area contributed by atoms with Crippen LogP contribution in [0.3, 0.4) is 0 Å². The monoisotopic (exact) mass is 341 g/mol. The van der Waals surface area contributed by atoms with Crippen molar-refractivity contribution in [2.75, 3.05) is 7.11 Å². The lowest BCUT2D eigenvalue weighted by Gasteiger charge is -2.00. The standard InChI is InChI=1S/C12H12BrN3O2S/c1-3-16-7-8(5-15-16)4-9(12(17)18-2)11-14-6-10(13)19-11/h4-7H,3H2,1-2H3. The van der Waals surface area contributed by atoms with Crippen LogP contribution in [0.4, 0.5) is 0 Å². The third kappa shape index (κ3) is 3.30. The number of halogens is 1. The fraction of sp³-hybridized carbons (Fsp3) is 0.250. The molecular weight excluding hydrogens is 330 g/mol. The fourth-order valence-electron chi connectivity index (χ4n) is 1.49. The van der Waals surface area contributed by atoms with E-state index in [4.69, 9.17) is 4.74 Å². The van der Waals surface area contributed by atoms with Crippen LogP contribution in [0.1, 0.15) is 17.5 Å². The minimum atomic E-state index is -0.411. The van der Waals surface area contributed by atoms with Gasteiger partial charge in [-0.25, -0.2) is 9.78 Å². The summed E-state index contributed by atoms with van der Waals surface area (Å²) in [6.07, 6.45) is 6.96. The molecule has 0 aliphatic heterocycles. The second kappa shape index (κ2) is 6.12. The zero-order valence-corrected chi connectivity index (χ0v) is 12.9. The van der Waals surface area contributed by atoms with Gasteiger partial charge >= 0.3 is 5.97 Å². The summed E-state index contributed by atoms with van der Waals surface area (Å²) < 4.78 is 7.45. The maximum Gasteiger partial charge on any atom is 0.340 e. The van der Waals surface area contributed by atoms with Gasteiger partial charge in [0, 0.05) is 18.3 Å². The number of hydrogen-bond donors (Lipinski definition) is 0. The molecule has 19 heavy (non-hydrogen) atoms. The SMILES string of the molecule is CCn1cc(C=C(C(=O)OC)c2ncc(Br)s2)cn1.